The van der Waals surface area contributed by atoms with Crippen LogP contribution in [-0.2, 0) is 4.79 Å². The molecule has 2 N–H and O–H groups in total. The highest BCUT2D eigenvalue weighted by molar-refractivity contribution is 6.31. The summed E-state index contributed by atoms with van der Waals surface area (Å²) >= 11 is 6.05. The minimum Gasteiger partial charge on any atom is -0.497 e. The zero-order valence-corrected chi connectivity index (χ0v) is 17.3. The van der Waals surface area contributed by atoms with Crippen molar-refractivity contribution in [2.24, 2.45) is 0 Å². The molecule has 7 heteroatoms. The lowest BCUT2D eigenvalue weighted by Crippen LogP contribution is -2.20. The van der Waals surface area contributed by atoms with Crippen molar-refractivity contribution in [2.45, 2.75) is 6.92 Å². The molecule has 0 heterocycles. The van der Waals surface area contributed by atoms with Gasteiger partial charge in [-0.05, 0) is 73.2 Å². The van der Waals surface area contributed by atoms with E-state index in [1.807, 2.05) is 6.92 Å². The zero-order chi connectivity index (χ0) is 21.5. The van der Waals surface area contributed by atoms with Crippen molar-refractivity contribution in [3.05, 3.63) is 82.9 Å². The van der Waals surface area contributed by atoms with Crippen LogP contribution in [0.2, 0.25) is 5.02 Å². The zero-order valence-electron chi connectivity index (χ0n) is 16.6. The molecule has 0 unspecified atom stereocenters. The molecule has 0 saturated heterocycles. The van der Waals surface area contributed by atoms with Gasteiger partial charge in [0.1, 0.15) is 11.5 Å². The van der Waals surface area contributed by atoms with Gasteiger partial charge in [0, 0.05) is 22.0 Å². The molecule has 0 saturated carbocycles. The van der Waals surface area contributed by atoms with Crippen LogP contribution < -0.4 is 20.1 Å². The summed E-state index contributed by atoms with van der Waals surface area (Å²) in [6.07, 6.45) is 0. The molecule has 0 aromatic heterocycles. The molecule has 0 fully saturated rings. The molecular weight excluding hydrogens is 404 g/mol. The minimum atomic E-state index is -0.304. The van der Waals surface area contributed by atoms with Crippen molar-refractivity contribution in [3.8, 4) is 11.5 Å². The molecule has 0 spiro atoms. The Balaban J connectivity index is 1.52. The Labute approximate surface area is 179 Å². The average molecular weight is 425 g/mol. The summed E-state index contributed by atoms with van der Waals surface area (Å²) in [5, 5.41) is 6.15. The van der Waals surface area contributed by atoms with Crippen LogP contribution in [0.4, 0.5) is 11.4 Å². The van der Waals surface area contributed by atoms with Crippen molar-refractivity contribution < 1.29 is 19.1 Å². The summed E-state index contributed by atoms with van der Waals surface area (Å²) in [6, 6.07) is 18.9. The van der Waals surface area contributed by atoms with Crippen LogP contribution in [0, 0.1) is 6.92 Å². The van der Waals surface area contributed by atoms with Crippen molar-refractivity contribution >= 4 is 34.8 Å². The van der Waals surface area contributed by atoms with E-state index < -0.39 is 0 Å². The number of amides is 2. The largest absolute Gasteiger partial charge is 0.497 e. The Morgan fingerprint density at radius 3 is 2.23 bits per heavy atom. The van der Waals surface area contributed by atoms with Crippen molar-refractivity contribution in [1.29, 1.82) is 0 Å². The topological polar surface area (TPSA) is 76.7 Å². The molecule has 3 rings (SSSR count). The highest BCUT2D eigenvalue weighted by atomic mass is 35.5. The monoisotopic (exact) mass is 424 g/mol. The van der Waals surface area contributed by atoms with Gasteiger partial charge in [-0.1, -0.05) is 17.7 Å². The van der Waals surface area contributed by atoms with Gasteiger partial charge in [0.25, 0.3) is 11.8 Å². The first-order valence-corrected chi connectivity index (χ1v) is 9.57. The lowest BCUT2D eigenvalue weighted by atomic mass is 10.2. The van der Waals surface area contributed by atoms with Gasteiger partial charge in [0.15, 0.2) is 6.61 Å². The maximum atomic E-state index is 12.4. The van der Waals surface area contributed by atoms with Crippen LogP contribution in [-0.4, -0.2) is 25.5 Å². The van der Waals surface area contributed by atoms with Crippen molar-refractivity contribution in [2.75, 3.05) is 24.4 Å². The summed E-state index contributed by atoms with van der Waals surface area (Å²) in [7, 11) is 1.58. The van der Waals surface area contributed by atoms with E-state index in [0.29, 0.717) is 33.5 Å². The van der Waals surface area contributed by atoms with Crippen LogP contribution in [0.15, 0.2) is 66.7 Å². The molecule has 0 aliphatic rings. The first-order chi connectivity index (χ1) is 14.5. The quantitative estimate of drug-likeness (QED) is 0.564. The number of methoxy groups -OCH3 is 1. The second-order valence-electron chi connectivity index (χ2n) is 6.46. The van der Waals surface area contributed by atoms with Gasteiger partial charge in [-0.25, -0.2) is 0 Å². The molecule has 154 valence electrons. The lowest BCUT2D eigenvalue weighted by molar-refractivity contribution is -0.118. The second-order valence-corrected chi connectivity index (χ2v) is 6.86. The molecule has 0 radical (unpaired) electrons. The number of nitrogens with one attached hydrogen (secondary N) is 2. The number of carbonyl (C=O) groups excluding carboxylic acids is 2. The third-order valence-corrected chi connectivity index (χ3v) is 4.79. The number of benzene rings is 3. The van der Waals surface area contributed by atoms with Crippen LogP contribution in [0.25, 0.3) is 0 Å². The van der Waals surface area contributed by atoms with E-state index in [1.165, 1.54) is 0 Å². The van der Waals surface area contributed by atoms with E-state index in [9.17, 15) is 9.59 Å². The summed E-state index contributed by atoms with van der Waals surface area (Å²) < 4.78 is 10.6. The van der Waals surface area contributed by atoms with Gasteiger partial charge in [0.05, 0.1) is 7.11 Å². The number of hydrogen-bond donors (Lipinski definition) is 2. The van der Waals surface area contributed by atoms with E-state index in [0.717, 1.165) is 5.56 Å². The van der Waals surface area contributed by atoms with Crippen LogP contribution in [0.3, 0.4) is 0 Å². The van der Waals surface area contributed by atoms with E-state index in [1.54, 1.807) is 73.8 Å². The number of anilines is 2. The molecule has 2 amide bonds. The number of halogens is 1. The SMILES string of the molecule is COc1ccc(NC(=O)c2ccc(OCC(=O)Nc3cccc(Cl)c3C)cc2)cc1. The summed E-state index contributed by atoms with van der Waals surface area (Å²) in [5.41, 5.74) is 2.56. The number of rotatable bonds is 7. The number of carbonyl (C=O) groups is 2. The fourth-order valence-electron chi connectivity index (χ4n) is 2.66. The summed E-state index contributed by atoms with van der Waals surface area (Å²) in [6.45, 7) is 1.66. The lowest BCUT2D eigenvalue weighted by Gasteiger charge is -2.11. The fourth-order valence-corrected chi connectivity index (χ4v) is 2.83. The predicted molar refractivity (Wildman–Crippen MR) is 118 cm³/mol. The molecule has 0 aliphatic carbocycles. The Hall–Kier alpha value is -3.51. The molecular formula is C23H21ClN2O4. The molecule has 0 bridgehead atoms. The molecule has 3 aromatic rings. The maximum Gasteiger partial charge on any atom is 0.262 e. The highest BCUT2D eigenvalue weighted by Gasteiger charge is 2.09. The van der Waals surface area contributed by atoms with Crippen molar-refractivity contribution in [1.82, 2.24) is 0 Å². The third-order valence-electron chi connectivity index (χ3n) is 4.38. The molecule has 0 aliphatic heterocycles. The van der Waals surface area contributed by atoms with Gasteiger partial charge in [-0.3, -0.25) is 9.59 Å². The van der Waals surface area contributed by atoms with E-state index in [-0.39, 0.29) is 18.4 Å². The van der Waals surface area contributed by atoms with Gasteiger partial charge in [-0.2, -0.15) is 0 Å². The first-order valence-electron chi connectivity index (χ1n) is 9.19. The third kappa shape index (κ3) is 5.52. The molecule has 30 heavy (non-hydrogen) atoms. The molecule has 6 nitrogen and oxygen atoms in total. The van der Waals surface area contributed by atoms with Gasteiger partial charge < -0.3 is 20.1 Å². The first kappa shape index (κ1) is 21.2. The number of hydrogen-bond acceptors (Lipinski definition) is 4. The van der Waals surface area contributed by atoms with E-state index in [4.69, 9.17) is 21.1 Å². The predicted octanol–water partition coefficient (Wildman–Crippen LogP) is 4.93. The minimum absolute atomic E-state index is 0.163. The van der Waals surface area contributed by atoms with Crippen LogP contribution in [0.5, 0.6) is 11.5 Å². The van der Waals surface area contributed by atoms with Gasteiger partial charge in [0.2, 0.25) is 0 Å². The maximum absolute atomic E-state index is 12.4. The standard InChI is InChI=1S/C23H21ClN2O4/c1-15-20(24)4-3-5-21(15)26-22(27)14-30-19-10-6-16(7-11-19)23(28)25-17-8-12-18(29-2)13-9-17/h3-13H,14H2,1-2H3,(H,25,28)(H,26,27). The fraction of sp³-hybridized carbons (Fsp3) is 0.130. The Bertz CT molecular complexity index is 1030. The van der Waals surface area contributed by atoms with Gasteiger partial charge >= 0.3 is 0 Å². The summed E-state index contributed by atoms with van der Waals surface area (Å²) in [5.74, 6) is 0.639. The normalized spacial score (nSPS) is 10.2. The molecule has 0 atom stereocenters. The Kier molecular flexibility index (Phi) is 6.93. The van der Waals surface area contributed by atoms with E-state index in [2.05, 4.69) is 10.6 Å². The van der Waals surface area contributed by atoms with E-state index >= 15 is 0 Å². The highest BCUT2D eigenvalue weighted by Crippen LogP contribution is 2.23. The van der Waals surface area contributed by atoms with Gasteiger partial charge in [-0.15, -0.1) is 0 Å². The molecule has 3 aromatic carbocycles. The van der Waals surface area contributed by atoms with Crippen molar-refractivity contribution in [3.63, 3.8) is 0 Å². The smallest absolute Gasteiger partial charge is 0.262 e. The Morgan fingerprint density at radius 1 is 0.900 bits per heavy atom. The number of ether oxygens (including phenoxy) is 2. The van der Waals surface area contributed by atoms with Crippen LogP contribution in [0.1, 0.15) is 15.9 Å². The average Bonchev–Trinajstić information content (AvgIpc) is 2.76. The Morgan fingerprint density at radius 2 is 1.57 bits per heavy atom. The van der Waals surface area contributed by atoms with Crippen LogP contribution >= 0.6 is 11.6 Å². The second kappa shape index (κ2) is 9.80. The summed E-state index contributed by atoms with van der Waals surface area (Å²) in [4.78, 5) is 24.5.